The highest BCUT2D eigenvalue weighted by molar-refractivity contribution is 7.93. The molecule has 308 valence electrons. The number of carbonyl (C=O) groups is 1. The van der Waals surface area contributed by atoms with E-state index in [0.717, 1.165) is 36.8 Å². The van der Waals surface area contributed by atoms with Gasteiger partial charge in [-0.3, -0.25) is 9.52 Å². The molecule has 0 spiro atoms. The highest BCUT2D eigenvalue weighted by Crippen LogP contribution is 2.68. The molecule has 14 atom stereocenters. The van der Waals surface area contributed by atoms with E-state index < -0.39 is 54.3 Å². The maximum absolute atomic E-state index is 13.8. The van der Waals surface area contributed by atoms with Gasteiger partial charge in [0.1, 0.15) is 5.78 Å². The lowest BCUT2D eigenvalue weighted by Crippen LogP contribution is -2.59. The minimum atomic E-state index is -3.95. The van der Waals surface area contributed by atoms with Crippen molar-refractivity contribution in [3.05, 3.63) is 60.7 Å². The molecule has 5 aliphatic rings. The van der Waals surface area contributed by atoms with Crippen LogP contribution in [-0.2, 0) is 24.1 Å². The molecule has 1 unspecified atom stereocenters. The Labute approximate surface area is 344 Å². The lowest BCUT2D eigenvalue weighted by atomic mass is 9.44. The van der Waals surface area contributed by atoms with Crippen LogP contribution >= 0.6 is 0 Å². The fourth-order valence-electron chi connectivity index (χ4n) is 12.8. The number of aliphatic hydroxyl groups is 2. The predicted octanol–water partition coefficient (Wildman–Crippen LogP) is 7.28. The molecule has 3 aromatic rings. The van der Waals surface area contributed by atoms with Crippen molar-refractivity contribution >= 4 is 50.5 Å². The molecule has 1 aliphatic heterocycles. The van der Waals surface area contributed by atoms with Gasteiger partial charge in [0.2, 0.25) is 0 Å². The van der Waals surface area contributed by atoms with Crippen molar-refractivity contribution < 1.29 is 36.8 Å². The molecule has 4 aliphatic carbocycles. The monoisotopic (exact) mass is 801 g/mol. The van der Waals surface area contributed by atoms with Crippen molar-refractivity contribution in [3.63, 3.8) is 0 Å². The molecule has 4 saturated carbocycles. The molecule has 11 heteroatoms. The summed E-state index contributed by atoms with van der Waals surface area (Å²) in [6.07, 6.45) is 2.73. The Bertz CT molecular complexity index is 2210. The Balaban J connectivity index is 1.03. The van der Waals surface area contributed by atoms with Gasteiger partial charge in [-0.1, -0.05) is 77.9 Å². The minimum absolute atomic E-state index is 0.0202. The summed E-state index contributed by atoms with van der Waals surface area (Å²) >= 11 is 0. The van der Waals surface area contributed by atoms with E-state index in [0.29, 0.717) is 47.6 Å². The van der Waals surface area contributed by atoms with Crippen LogP contribution in [0.5, 0.6) is 0 Å². The molecule has 9 nitrogen and oxygen atoms in total. The second-order valence-electron chi connectivity index (χ2n) is 19.2. The van der Waals surface area contributed by atoms with E-state index in [9.17, 15) is 23.4 Å². The molecule has 3 aromatic carbocycles. The highest BCUT2D eigenvalue weighted by atomic mass is 32.2. The smallest absolute Gasteiger partial charge is 0.402 e. The number of nitrogens with zero attached hydrogens (tertiary/aromatic N) is 1. The maximum Gasteiger partial charge on any atom is 0.494 e. The van der Waals surface area contributed by atoms with Crippen LogP contribution in [0.3, 0.4) is 0 Å². The molecule has 1 heterocycles. The quantitative estimate of drug-likeness (QED) is 0.193. The largest absolute Gasteiger partial charge is 0.494 e. The fraction of sp³-hybridized carbons (Fsp3) is 0.630. The summed E-state index contributed by atoms with van der Waals surface area (Å²) in [6.45, 7) is 8.35. The molecule has 1 saturated heterocycles. The third-order valence-electron chi connectivity index (χ3n) is 16.0. The second-order valence-corrected chi connectivity index (χ2v) is 20.8. The van der Waals surface area contributed by atoms with Gasteiger partial charge in [-0.05, 0) is 121 Å². The standard InChI is InChI=1S/C46H63BN2O7S/c1-26(2)27(3)43-44(28(4)34-19-20-35-33-23-39(50)37-24-40(51)41(52)25-46(37,6)36(33)21-22-45(34,35)5)56-47(55-43)29-15-17-30(18-16-29)48-57(53,54)42-14-10-11-31-32(42)12-9-13-38(31)49(7)8/h9-18,26-28,33-37,40-41,43-44,48,51-52H,19-25H2,1-8H3/t27-,28-,33-,34+,35-,36-,37+,40+,41+,43+,44+,45+,46+/m0/s1/i1D3/t26?,27-,28-,33-,34+,35-,36-,37+,40+,41+,43+,44+,45+,46+. The van der Waals surface area contributed by atoms with Crippen LogP contribution in [0.25, 0.3) is 10.8 Å². The van der Waals surface area contributed by atoms with Crippen LogP contribution in [0.15, 0.2) is 65.6 Å². The van der Waals surface area contributed by atoms with E-state index in [1.54, 1.807) is 43.3 Å². The number of hydrogen-bond donors (Lipinski definition) is 3. The molecular weight excluding hydrogens is 735 g/mol. The van der Waals surface area contributed by atoms with Gasteiger partial charge < -0.3 is 24.4 Å². The van der Waals surface area contributed by atoms with Gasteiger partial charge in [0.25, 0.3) is 10.0 Å². The van der Waals surface area contributed by atoms with Gasteiger partial charge in [0, 0.05) is 52.7 Å². The van der Waals surface area contributed by atoms with Crippen molar-refractivity contribution in [2.24, 2.45) is 58.2 Å². The van der Waals surface area contributed by atoms with Crippen molar-refractivity contribution in [3.8, 4) is 0 Å². The average Bonchev–Trinajstić information content (AvgIpc) is 3.79. The number of hydrogen-bond acceptors (Lipinski definition) is 8. The normalized spacial score (nSPS) is 37.9. The lowest BCUT2D eigenvalue weighted by Gasteiger charge is -2.61. The number of anilines is 2. The zero-order chi connectivity index (χ0) is 43.3. The Hall–Kier alpha value is -2.96. The summed E-state index contributed by atoms with van der Waals surface area (Å²) in [5.74, 6) is 0.181. The summed E-state index contributed by atoms with van der Waals surface area (Å²) in [4.78, 5) is 16.0. The van der Waals surface area contributed by atoms with Crippen LogP contribution < -0.4 is 15.1 Å². The van der Waals surface area contributed by atoms with E-state index in [4.69, 9.17) is 13.4 Å². The second kappa shape index (κ2) is 14.9. The fourth-order valence-corrected chi connectivity index (χ4v) is 14.1. The molecular formula is C46H63BN2O7S. The maximum atomic E-state index is 13.8. The topological polar surface area (TPSA) is 125 Å². The first-order valence-corrected chi connectivity index (χ1v) is 22.7. The first kappa shape index (κ1) is 37.1. The third-order valence-corrected chi connectivity index (χ3v) is 17.4. The van der Waals surface area contributed by atoms with Gasteiger partial charge >= 0.3 is 7.12 Å². The number of rotatable bonds is 9. The van der Waals surface area contributed by atoms with Gasteiger partial charge in [0.15, 0.2) is 0 Å². The van der Waals surface area contributed by atoms with E-state index in [2.05, 4.69) is 25.5 Å². The van der Waals surface area contributed by atoms with Gasteiger partial charge in [0.05, 0.1) is 29.3 Å². The van der Waals surface area contributed by atoms with E-state index >= 15 is 0 Å². The molecule has 5 fully saturated rings. The molecule has 0 bridgehead atoms. The Morgan fingerprint density at radius 2 is 1.58 bits per heavy atom. The summed E-state index contributed by atoms with van der Waals surface area (Å²) in [5.41, 5.74) is 1.64. The molecule has 0 radical (unpaired) electrons. The zero-order valence-electron chi connectivity index (χ0n) is 37.5. The molecule has 0 amide bonds. The summed E-state index contributed by atoms with van der Waals surface area (Å²) in [6, 6.07) is 17.9. The van der Waals surface area contributed by atoms with Crippen molar-refractivity contribution in [2.75, 3.05) is 23.7 Å². The van der Waals surface area contributed by atoms with E-state index in [-0.39, 0.29) is 51.1 Å². The van der Waals surface area contributed by atoms with Crippen LogP contribution in [0.4, 0.5) is 11.4 Å². The number of Topliss-reactive ketones (excluding diaryl/α,β-unsaturated/α-hetero) is 1. The van der Waals surface area contributed by atoms with Gasteiger partial charge in [-0.2, -0.15) is 0 Å². The third kappa shape index (κ3) is 6.85. The summed E-state index contributed by atoms with van der Waals surface area (Å²) in [7, 11) is -0.873. The Kier molecular flexibility index (Phi) is 9.72. The molecule has 57 heavy (non-hydrogen) atoms. The number of fused-ring (bicyclic) bond motifs is 6. The lowest BCUT2D eigenvalue weighted by molar-refractivity contribution is -0.174. The van der Waals surface area contributed by atoms with E-state index in [1.807, 2.05) is 50.2 Å². The van der Waals surface area contributed by atoms with Crippen LogP contribution in [-0.4, -0.2) is 70.0 Å². The van der Waals surface area contributed by atoms with Crippen molar-refractivity contribution in [1.29, 1.82) is 0 Å². The number of ketones is 1. The molecule has 0 aromatic heterocycles. The zero-order valence-corrected chi connectivity index (χ0v) is 35.3. The van der Waals surface area contributed by atoms with Gasteiger partial charge in [-0.15, -0.1) is 0 Å². The molecule has 8 rings (SSSR count). The van der Waals surface area contributed by atoms with Crippen LogP contribution in [0.1, 0.15) is 90.5 Å². The summed E-state index contributed by atoms with van der Waals surface area (Å²) in [5, 5.41) is 22.8. The first-order valence-electron chi connectivity index (χ1n) is 22.7. The molecule has 3 N–H and O–H groups in total. The Morgan fingerprint density at radius 1 is 0.895 bits per heavy atom. The predicted molar refractivity (Wildman–Crippen MR) is 227 cm³/mol. The summed E-state index contributed by atoms with van der Waals surface area (Å²) < 4.78 is 69.0. The number of nitrogens with one attached hydrogen (secondary N) is 1. The minimum Gasteiger partial charge on any atom is -0.402 e. The van der Waals surface area contributed by atoms with Crippen LogP contribution in [0.2, 0.25) is 0 Å². The van der Waals surface area contributed by atoms with Crippen molar-refractivity contribution in [1.82, 2.24) is 0 Å². The average molecular weight is 802 g/mol. The van der Waals surface area contributed by atoms with Crippen LogP contribution in [0, 0.1) is 58.2 Å². The number of sulfonamides is 1. The highest BCUT2D eigenvalue weighted by Gasteiger charge is 2.64. The van der Waals surface area contributed by atoms with Gasteiger partial charge in [-0.25, -0.2) is 8.42 Å². The van der Waals surface area contributed by atoms with Crippen molar-refractivity contribution in [2.45, 2.75) is 116 Å². The number of carbonyl (C=O) groups excluding carboxylic acids is 1. The number of benzene rings is 3. The SMILES string of the molecule is [2H]C([2H])([2H])C(C)[C@H](C)[C@H]1OB(c2ccc(NS(=O)(=O)c3cccc4c(N(C)C)cccc34)cc2)O[C@@H]1[C@@H](C)[C@H]1CC[C@H]2[C@@H]3CC(=O)[C@H]4C[C@@H](O)[C@H](O)C[C@]4(C)[C@H]3CC[C@]12C. The Morgan fingerprint density at radius 3 is 2.30 bits per heavy atom. The first-order chi connectivity index (χ1) is 28.2. The van der Waals surface area contributed by atoms with E-state index in [1.165, 1.54) is 0 Å². The number of aliphatic hydroxyl groups excluding tert-OH is 2.